The number of nitrogens with zero attached hydrogens (tertiary/aromatic N) is 1. The Morgan fingerprint density at radius 1 is 0.857 bits per heavy atom. The number of carbonyl (C=O) groups is 1. The van der Waals surface area contributed by atoms with Gasteiger partial charge < -0.3 is 14.2 Å². The van der Waals surface area contributed by atoms with Crippen LogP contribution in [0.25, 0.3) is 0 Å². The lowest BCUT2D eigenvalue weighted by Crippen LogP contribution is -2.36. The molecule has 1 amide bonds. The summed E-state index contributed by atoms with van der Waals surface area (Å²) in [6.45, 7) is 5.72. The second kappa shape index (κ2) is 11.8. The van der Waals surface area contributed by atoms with Crippen molar-refractivity contribution in [3.63, 3.8) is 0 Å². The minimum Gasteiger partial charge on any atom is -0.363 e. The van der Waals surface area contributed by atoms with Gasteiger partial charge in [-0.1, -0.05) is 87.4 Å². The van der Waals surface area contributed by atoms with E-state index in [0.717, 1.165) is 49.4 Å². The zero-order valence-electron chi connectivity index (χ0n) is 17.0. The van der Waals surface area contributed by atoms with Gasteiger partial charge in [-0.05, 0) is 12.8 Å². The van der Waals surface area contributed by atoms with Gasteiger partial charge in [-0.15, -0.1) is 0 Å². The van der Waals surface area contributed by atoms with E-state index in [9.17, 15) is 9.36 Å². The summed E-state index contributed by atoms with van der Waals surface area (Å²) in [7, 11) is -2.95. The highest BCUT2D eigenvalue weighted by Gasteiger charge is 2.28. The number of benzene rings is 2. The molecule has 28 heavy (non-hydrogen) atoms. The predicted octanol–water partition coefficient (Wildman–Crippen LogP) is 4.40. The highest BCUT2D eigenvalue weighted by Crippen LogP contribution is 2.43. The zero-order valence-corrected chi connectivity index (χ0v) is 17.9. The van der Waals surface area contributed by atoms with E-state index in [-0.39, 0.29) is 18.9 Å². The van der Waals surface area contributed by atoms with Crippen LogP contribution in [0.5, 0.6) is 0 Å². The molecule has 0 bridgehead atoms. The van der Waals surface area contributed by atoms with Crippen molar-refractivity contribution >= 4 is 23.7 Å². The minimum atomic E-state index is -2.95. The first-order valence-electron chi connectivity index (χ1n) is 10.2. The third-order valence-corrected chi connectivity index (χ3v) is 7.57. The monoisotopic (exact) mass is 401 g/mol. The second-order valence-electron chi connectivity index (χ2n) is 6.98. The Balaban J connectivity index is 2.07. The van der Waals surface area contributed by atoms with E-state index in [0.29, 0.717) is 0 Å². The molecule has 4 nitrogen and oxygen atoms in total. The van der Waals surface area contributed by atoms with E-state index in [1.165, 1.54) is 0 Å². The van der Waals surface area contributed by atoms with Crippen LogP contribution in [0.2, 0.25) is 0 Å². The van der Waals surface area contributed by atoms with Crippen LogP contribution in [0.15, 0.2) is 60.7 Å². The van der Waals surface area contributed by atoms with Crippen molar-refractivity contribution in [3.05, 3.63) is 60.7 Å². The SMILES string of the molecule is CCCCN(CCCC)C(=O)COCP(=O)(c1ccccc1)c1ccccc1. The van der Waals surface area contributed by atoms with Gasteiger partial charge >= 0.3 is 0 Å². The summed E-state index contributed by atoms with van der Waals surface area (Å²) in [4.78, 5) is 14.5. The van der Waals surface area contributed by atoms with Crippen LogP contribution in [0.3, 0.4) is 0 Å². The van der Waals surface area contributed by atoms with Crippen molar-refractivity contribution in [1.82, 2.24) is 4.90 Å². The largest absolute Gasteiger partial charge is 0.363 e. The average Bonchev–Trinajstić information content (AvgIpc) is 2.75. The van der Waals surface area contributed by atoms with Crippen molar-refractivity contribution in [2.24, 2.45) is 0 Å². The average molecular weight is 401 g/mol. The Labute approximate surface area is 169 Å². The quantitative estimate of drug-likeness (QED) is 0.495. The van der Waals surface area contributed by atoms with Gasteiger partial charge in [-0.2, -0.15) is 0 Å². The molecule has 2 rings (SSSR count). The zero-order chi connectivity index (χ0) is 20.2. The number of hydrogen-bond donors (Lipinski definition) is 0. The fourth-order valence-electron chi connectivity index (χ4n) is 3.05. The van der Waals surface area contributed by atoms with Gasteiger partial charge in [-0.25, -0.2) is 0 Å². The maximum atomic E-state index is 13.9. The molecule has 0 aliphatic rings. The fourth-order valence-corrected chi connectivity index (χ4v) is 5.30. The fraction of sp³-hybridized carbons (Fsp3) is 0.435. The molecule has 0 saturated heterocycles. The van der Waals surface area contributed by atoms with E-state index in [1.807, 2.05) is 65.6 Å². The summed E-state index contributed by atoms with van der Waals surface area (Å²) in [5.74, 6) is -0.0189. The van der Waals surface area contributed by atoms with E-state index < -0.39 is 7.14 Å². The third-order valence-electron chi connectivity index (χ3n) is 4.76. The molecule has 0 saturated carbocycles. The third kappa shape index (κ3) is 6.32. The van der Waals surface area contributed by atoms with Gasteiger partial charge in [-0.3, -0.25) is 4.79 Å². The number of amides is 1. The molecule has 2 aromatic carbocycles. The Kier molecular flexibility index (Phi) is 9.46. The van der Waals surface area contributed by atoms with Crippen molar-refractivity contribution in [1.29, 1.82) is 0 Å². The summed E-state index contributed by atoms with van der Waals surface area (Å²) < 4.78 is 19.6. The lowest BCUT2D eigenvalue weighted by Gasteiger charge is -2.24. The van der Waals surface area contributed by atoms with Crippen LogP contribution in [0.1, 0.15) is 39.5 Å². The maximum absolute atomic E-state index is 13.9. The Morgan fingerprint density at radius 3 is 1.75 bits per heavy atom. The molecule has 0 aliphatic carbocycles. The Hall–Kier alpha value is -1.90. The van der Waals surface area contributed by atoms with Crippen LogP contribution in [-0.2, 0) is 14.1 Å². The molecule has 0 spiro atoms. The molecule has 2 aromatic rings. The molecule has 0 heterocycles. The van der Waals surface area contributed by atoms with Crippen LogP contribution >= 0.6 is 7.14 Å². The van der Waals surface area contributed by atoms with E-state index in [4.69, 9.17) is 4.74 Å². The molecule has 0 unspecified atom stereocenters. The van der Waals surface area contributed by atoms with Crippen LogP contribution in [-0.4, -0.2) is 36.9 Å². The van der Waals surface area contributed by atoms with Crippen LogP contribution < -0.4 is 10.6 Å². The van der Waals surface area contributed by atoms with Crippen molar-refractivity contribution in [2.45, 2.75) is 39.5 Å². The van der Waals surface area contributed by atoms with Crippen LogP contribution in [0, 0.1) is 0 Å². The number of ether oxygens (including phenoxy) is 1. The van der Waals surface area contributed by atoms with Gasteiger partial charge in [0, 0.05) is 23.7 Å². The molecular formula is C23H32NO3P. The summed E-state index contributed by atoms with van der Waals surface area (Å²) in [5, 5.41) is 1.50. The van der Waals surface area contributed by atoms with Crippen molar-refractivity contribution < 1.29 is 14.1 Å². The first-order valence-corrected chi connectivity index (χ1v) is 12.1. The topological polar surface area (TPSA) is 46.6 Å². The number of unbranched alkanes of at least 4 members (excludes halogenated alkanes) is 2. The summed E-state index contributed by atoms with van der Waals surface area (Å²) in [5.41, 5.74) is 0. The molecule has 0 atom stereocenters. The molecule has 0 radical (unpaired) electrons. The van der Waals surface area contributed by atoms with Crippen molar-refractivity contribution in [2.75, 3.05) is 26.0 Å². The summed E-state index contributed by atoms with van der Waals surface area (Å²) in [6, 6.07) is 18.8. The maximum Gasteiger partial charge on any atom is 0.248 e. The van der Waals surface area contributed by atoms with Gasteiger partial charge in [0.15, 0.2) is 7.14 Å². The number of carbonyl (C=O) groups excluding carboxylic acids is 1. The van der Waals surface area contributed by atoms with Gasteiger partial charge in [0.2, 0.25) is 5.91 Å². The van der Waals surface area contributed by atoms with Gasteiger partial charge in [0.1, 0.15) is 13.0 Å². The summed E-state index contributed by atoms with van der Waals surface area (Å²) in [6.07, 6.45) is 4.11. The normalized spacial score (nSPS) is 11.4. The smallest absolute Gasteiger partial charge is 0.248 e. The predicted molar refractivity (Wildman–Crippen MR) is 117 cm³/mol. The first kappa shape index (κ1) is 22.4. The lowest BCUT2D eigenvalue weighted by atomic mass is 10.2. The minimum absolute atomic E-state index is 0.0189. The molecule has 5 heteroatoms. The molecular weight excluding hydrogens is 369 g/mol. The summed E-state index contributed by atoms with van der Waals surface area (Å²) >= 11 is 0. The first-order chi connectivity index (χ1) is 13.6. The van der Waals surface area contributed by atoms with Gasteiger partial charge in [0.05, 0.1) is 0 Å². The second-order valence-corrected chi connectivity index (χ2v) is 9.75. The van der Waals surface area contributed by atoms with Crippen molar-refractivity contribution in [3.8, 4) is 0 Å². The standard InChI is InChI=1S/C23H32NO3P/c1-3-5-17-24(18-6-4-2)23(25)19-27-20-28(26,21-13-9-7-10-14-21)22-15-11-8-12-16-22/h7-16H,3-6,17-20H2,1-2H3. The Morgan fingerprint density at radius 2 is 1.32 bits per heavy atom. The van der Waals surface area contributed by atoms with E-state index in [2.05, 4.69) is 13.8 Å². The highest BCUT2D eigenvalue weighted by atomic mass is 31.2. The molecule has 0 aliphatic heterocycles. The number of hydrogen-bond acceptors (Lipinski definition) is 3. The van der Waals surface area contributed by atoms with Crippen LogP contribution in [0.4, 0.5) is 0 Å². The number of rotatable bonds is 12. The van der Waals surface area contributed by atoms with E-state index >= 15 is 0 Å². The molecule has 152 valence electrons. The Bertz CT molecular complexity index is 697. The molecule has 0 N–H and O–H groups in total. The highest BCUT2D eigenvalue weighted by molar-refractivity contribution is 7.78. The van der Waals surface area contributed by atoms with E-state index in [1.54, 1.807) is 0 Å². The molecule has 0 aromatic heterocycles. The lowest BCUT2D eigenvalue weighted by molar-refractivity contribution is -0.135. The molecule has 0 fully saturated rings. The van der Waals surface area contributed by atoms with Gasteiger partial charge in [0.25, 0.3) is 0 Å².